The molecule has 0 heterocycles. The van der Waals surface area contributed by atoms with Gasteiger partial charge in [0.25, 0.3) is 0 Å². The SMILES string of the molecule is CCCCC(O)C1CC1c1ccccc1. The molecule has 1 heteroatoms. The summed E-state index contributed by atoms with van der Waals surface area (Å²) in [7, 11) is 0. The zero-order valence-corrected chi connectivity index (χ0v) is 9.39. The Kier molecular flexibility index (Phi) is 3.42. The fourth-order valence-electron chi connectivity index (χ4n) is 2.35. The maximum atomic E-state index is 9.95. The summed E-state index contributed by atoms with van der Waals surface area (Å²) in [5, 5.41) is 9.95. The third-order valence-electron chi connectivity index (χ3n) is 3.42. The van der Waals surface area contributed by atoms with E-state index in [1.807, 2.05) is 6.07 Å². The second kappa shape index (κ2) is 4.80. The van der Waals surface area contributed by atoms with E-state index in [0.29, 0.717) is 11.8 Å². The standard InChI is InChI=1S/C14H20O/c1-2-3-9-14(15)13-10-12(13)11-7-5-4-6-8-11/h4-8,12-15H,2-3,9-10H2,1H3. The maximum absolute atomic E-state index is 9.95. The van der Waals surface area contributed by atoms with Gasteiger partial charge in [-0.15, -0.1) is 0 Å². The third kappa shape index (κ3) is 2.60. The minimum atomic E-state index is -0.0739. The highest BCUT2D eigenvalue weighted by molar-refractivity contribution is 5.26. The van der Waals surface area contributed by atoms with Gasteiger partial charge in [0.05, 0.1) is 6.10 Å². The lowest BCUT2D eigenvalue weighted by atomic mass is 10.0. The summed E-state index contributed by atoms with van der Waals surface area (Å²) < 4.78 is 0. The van der Waals surface area contributed by atoms with Gasteiger partial charge in [0.2, 0.25) is 0 Å². The van der Waals surface area contributed by atoms with Gasteiger partial charge >= 0.3 is 0 Å². The molecule has 1 fully saturated rings. The van der Waals surface area contributed by atoms with Crippen LogP contribution in [0.25, 0.3) is 0 Å². The quantitative estimate of drug-likeness (QED) is 0.780. The zero-order valence-electron chi connectivity index (χ0n) is 9.39. The van der Waals surface area contributed by atoms with Crippen LogP contribution in [0.15, 0.2) is 30.3 Å². The maximum Gasteiger partial charge on any atom is 0.0574 e. The first kappa shape index (κ1) is 10.7. The van der Waals surface area contributed by atoms with Crippen molar-refractivity contribution >= 4 is 0 Å². The van der Waals surface area contributed by atoms with Crippen molar-refractivity contribution < 1.29 is 5.11 Å². The first-order chi connectivity index (χ1) is 7.33. The van der Waals surface area contributed by atoms with Crippen molar-refractivity contribution in [1.82, 2.24) is 0 Å². The van der Waals surface area contributed by atoms with Gasteiger partial charge in [0.1, 0.15) is 0 Å². The van der Waals surface area contributed by atoms with Crippen LogP contribution in [0.5, 0.6) is 0 Å². The zero-order chi connectivity index (χ0) is 10.7. The van der Waals surface area contributed by atoms with Crippen LogP contribution in [0, 0.1) is 5.92 Å². The topological polar surface area (TPSA) is 20.2 Å². The molecule has 0 spiro atoms. The Labute approximate surface area is 92.1 Å². The molecule has 1 saturated carbocycles. The average molecular weight is 204 g/mol. The predicted octanol–water partition coefficient (Wildman–Crippen LogP) is 3.34. The lowest BCUT2D eigenvalue weighted by Gasteiger charge is -2.09. The van der Waals surface area contributed by atoms with Crippen LogP contribution in [0.2, 0.25) is 0 Å². The molecule has 2 rings (SSSR count). The van der Waals surface area contributed by atoms with Gasteiger partial charge in [-0.25, -0.2) is 0 Å². The lowest BCUT2D eigenvalue weighted by Crippen LogP contribution is -2.09. The molecule has 0 bridgehead atoms. The van der Waals surface area contributed by atoms with E-state index in [-0.39, 0.29) is 6.10 Å². The van der Waals surface area contributed by atoms with Crippen molar-refractivity contribution in [2.45, 2.75) is 44.6 Å². The molecule has 15 heavy (non-hydrogen) atoms. The predicted molar refractivity (Wildman–Crippen MR) is 62.8 cm³/mol. The molecule has 1 nitrogen and oxygen atoms in total. The van der Waals surface area contributed by atoms with Crippen LogP contribution in [-0.4, -0.2) is 11.2 Å². The Balaban J connectivity index is 1.85. The number of benzene rings is 1. The number of hydrogen-bond acceptors (Lipinski definition) is 1. The summed E-state index contributed by atoms with van der Waals surface area (Å²) in [4.78, 5) is 0. The van der Waals surface area contributed by atoms with E-state index < -0.39 is 0 Å². The molecular weight excluding hydrogens is 184 g/mol. The summed E-state index contributed by atoms with van der Waals surface area (Å²) in [5.74, 6) is 1.15. The first-order valence-corrected chi connectivity index (χ1v) is 6.06. The minimum Gasteiger partial charge on any atom is -0.393 e. The van der Waals surface area contributed by atoms with E-state index in [1.54, 1.807) is 0 Å². The summed E-state index contributed by atoms with van der Waals surface area (Å²) >= 11 is 0. The Morgan fingerprint density at radius 1 is 1.33 bits per heavy atom. The summed E-state index contributed by atoms with van der Waals surface area (Å²) in [5.41, 5.74) is 1.40. The van der Waals surface area contributed by atoms with Gasteiger partial charge in [-0.1, -0.05) is 50.1 Å². The number of unbranched alkanes of at least 4 members (excludes halogenated alkanes) is 1. The van der Waals surface area contributed by atoms with Gasteiger partial charge in [0.15, 0.2) is 0 Å². The first-order valence-electron chi connectivity index (χ1n) is 6.06. The highest BCUT2D eigenvalue weighted by Crippen LogP contribution is 2.50. The number of hydrogen-bond donors (Lipinski definition) is 1. The van der Waals surface area contributed by atoms with Crippen molar-refractivity contribution in [3.05, 3.63) is 35.9 Å². The average Bonchev–Trinajstić information content (AvgIpc) is 3.07. The van der Waals surface area contributed by atoms with Gasteiger partial charge in [-0.05, 0) is 30.2 Å². The lowest BCUT2D eigenvalue weighted by molar-refractivity contribution is 0.136. The summed E-state index contributed by atoms with van der Waals surface area (Å²) in [6.07, 6.45) is 4.41. The number of rotatable bonds is 5. The molecule has 82 valence electrons. The fourth-order valence-corrected chi connectivity index (χ4v) is 2.35. The number of aliphatic hydroxyl groups excluding tert-OH is 1. The number of aliphatic hydroxyl groups is 1. The Bertz CT molecular complexity index is 293. The highest BCUT2D eigenvalue weighted by atomic mass is 16.3. The molecule has 1 N–H and O–H groups in total. The molecule has 1 aliphatic carbocycles. The molecular formula is C14H20O. The Hall–Kier alpha value is -0.820. The normalized spacial score (nSPS) is 26.3. The smallest absolute Gasteiger partial charge is 0.0574 e. The van der Waals surface area contributed by atoms with Crippen molar-refractivity contribution in [3.8, 4) is 0 Å². The van der Waals surface area contributed by atoms with E-state index in [1.165, 1.54) is 18.4 Å². The van der Waals surface area contributed by atoms with Crippen LogP contribution >= 0.6 is 0 Å². The monoisotopic (exact) mass is 204 g/mol. The van der Waals surface area contributed by atoms with Crippen LogP contribution in [0.1, 0.15) is 44.1 Å². The second-order valence-corrected chi connectivity index (χ2v) is 4.63. The molecule has 1 aromatic rings. The van der Waals surface area contributed by atoms with Gasteiger partial charge in [-0.2, -0.15) is 0 Å². The molecule has 3 unspecified atom stereocenters. The van der Waals surface area contributed by atoms with E-state index in [4.69, 9.17) is 0 Å². The molecule has 0 aromatic heterocycles. The molecule has 1 aromatic carbocycles. The van der Waals surface area contributed by atoms with Gasteiger partial charge in [0, 0.05) is 0 Å². The molecule has 0 amide bonds. The van der Waals surface area contributed by atoms with E-state index in [9.17, 15) is 5.11 Å². The van der Waals surface area contributed by atoms with Crippen LogP contribution in [-0.2, 0) is 0 Å². The molecule has 1 aliphatic rings. The largest absolute Gasteiger partial charge is 0.393 e. The summed E-state index contributed by atoms with van der Waals surface area (Å²) in [6.45, 7) is 2.17. The molecule has 0 aliphatic heterocycles. The fraction of sp³-hybridized carbons (Fsp3) is 0.571. The Morgan fingerprint density at radius 3 is 2.73 bits per heavy atom. The molecule has 0 saturated heterocycles. The van der Waals surface area contributed by atoms with Crippen LogP contribution < -0.4 is 0 Å². The van der Waals surface area contributed by atoms with Crippen molar-refractivity contribution in [3.63, 3.8) is 0 Å². The molecule has 0 radical (unpaired) electrons. The third-order valence-corrected chi connectivity index (χ3v) is 3.42. The second-order valence-electron chi connectivity index (χ2n) is 4.63. The van der Waals surface area contributed by atoms with Crippen molar-refractivity contribution in [2.24, 2.45) is 5.92 Å². The van der Waals surface area contributed by atoms with Crippen molar-refractivity contribution in [2.75, 3.05) is 0 Å². The van der Waals surface area contributed by atoms with E-state index >= 15 is 0 Å². The van der Waals surface area contributed by atoms with Gasteiger partial charge in [-0.3, -0.25) is 0 Å². The summed E-state index contributed by atoms with van der Waals surface area (Å²) in [6, 6.07) is 10.6. The molecule has 3 atom stereocenters. The van der Waals surface area contributed by atoms with Crippen LogP contribution in [0.3, 0.4) is 0 Å². The van der Waals surface area contributed by atoms with E-state index in [0.717, 1.165) is 12.8 Å². The Morgan fingerprint density at radius 2 is 2.07 bits per heavy atom. The van der Waals surface area contributed by atoms with E-state index in [2.05, 4.69) is 31.2 Å². The van der Waals surface area contributed by atoms with Crippen molar-refractivity contribution in [1.29, 1.82) is 0 Å². The van der Waals surface area contributed by atoms with Crippen LogP contribution in [0.4, 0.5) is 0 Å². The van der Waals surface area contributed by atoms with Gasteiger partial charge < -0.3 is 5.11 Å². The highest BCUT2D eigenvalue weighted by Gasteiger charge is 2.42. The minimum absolute atomic E-state index is 0.0739.